The van der Waals surface area contributed by atoms with Crippen molar-refractivity contribution < 1.29 is 0 Å². The van der Waals surface area contributed by atoms with E-state index >= 15 is 0 Å². The molecule has 0 saturated carbocycles. The summed E-state index contributed by atoms with van der Waals surface area (Å²) in [5.74, 6) is 5.55. The second kappa shape index (κ2) is 4.84. The first-order valence-corrected chi connectivity index (χ1v) is 9.51. The molecule has 11 heavy (non-hydrogen) atoms. The van der Waals surface area contributed by atoms with Gasteiger partial charge in [0.2, 0.25) is 0 Å². The van der Waals surface area contributed by atoms with Gasteiger partial charge < -0.3 is 0 Å². The molecule has 0 bridgehead atoms. The van der Waals surface area contributed by atoms with Crippen LogP contribution in [0.15, 0.2) is 0 Å². The Morgan fingerprint density at radius 1 is 1.00 bits per heavy atom. The molecule has 0 aromatic rings. The van der Waals surface area contributed by atoms with Gasteiger partial charge in [0, 0.05) is 33.5 Å². The monoisotopic (exact) mass is 242 g/mol. The molecule has 2 aliphatic heterocycles. The van der Waals surface area contributed by atoms with Crippen LogP contribution in [0.3, 0.4) is 0 Å². The molecule has 0 aliphatic carbocycles. The Morgan fingerprint density at radius 3 is 1.82 bits per heavy atom. The minimum absolute atomic E-state index is 1.00. The third-order valence-corrected chi connectivity index (χ3v) is 8.17. The van der Waals surface area contributed by atoms with Crippen molar-refractivity contribution in [2.75, 3.05) is 23.0 Å². The highest BCUT2D eigenvalue weighted by atomic mass is 33.5. The molecule has 0 nitrogen and oxygen atoms in total. The van der Waals surface area contributed by atoms with Gasteiger partial charge in [0.05, 0.1) is 0 Å². The van der Waals surface area contributed by atoms with Crippen molar-refractivity contribution in [3.05, 3.63) is 0 Å². The quantitative estimate of drug-likeness (QED) is 0.397. The van der Waals surface area contributed by atoms with Crippen molar-refractivity contribution in [3.63, 3.8) is 0 Å². The van der Waals surface area contributed by atoms with E-state index < -0.39 is 0 Å². The second-order valence-electron chi connectivity index (χ2n) is 2.55. The number of thioether (sulfide) groups is 2. The Labute approximate surface area is 88.0 Å². The lowest BCUT2D eigenvalue weighted by Gasteiger charge is -1.95. The van der Waals surface area contributed by atoms with Gasteiger partial charge in [-0.25, -0.2) is 0 Å². The summed E-state index contributed by atoms with van der Waals surface area (Å²) in [7, 11) is 6.08. The smallest absolute Gasteiger partial charge is 0.0237 e. The third kappa shape index (κ3) is 4.50. The Bertz CT molecular complexity index is 106. The summed E-state index contributed by atoms with van der Waals surface area (Å²) in [6.07, 6.45) is 0. The zero-order valence-corrected chi connectivity index (χ0v) is 10.1. The predicted octanol–water partition coefficient (Wildman–Crippen LogP) is 3.25. The van der Waals surface area contributed by atoms with E-state index in [1.54, 1.807) is 0 Å². The van der Waals surface area contributed by atoms with Crippen LogP contribution < -0.4 is 0 Å². The van der Waals surface area contributed by atoms with Gasteiger partial charge in [-0.1, -0.05) is 21.6 Å². The van der Waals surface area contributed by atoms with Crippen LogP contribution in [-0.4, -0.2) is 33.5 Å². The van der Waals surface area contributed by atoms with Crippen LogP contribution in [0, 0.1) is 0 Å². The number of rotatable bonds is 6. The Kier molecular flexibility index (Phi) is 4.10. The van der Waals surface area contributed by atoms with E-state index in [-0.39, 0.29) is 0 Å². The highest BCUT2D eigenvalue weighted by Crippen LogP contribution is 2.44. The van der Waals surface area contributed by atoms with Crippen LogP contribution in [0.4, 0.5) is 0 Å². The molecule has 2 heterocycles. The van der Waals surface area contributed by atoms with Crippen molar-refractivity contribution in [2.45, 2.75) is 10.5 Å². The van der Waals surface area contributed by atoms with E-state index in [2.05, 4.69) is 23.5 Å². The normalized spacial score (nSPS) is 33.8. The summed E-state index contributed by atoms with van der Waals surface area (Å²) in [5.41, 5.74) is 0. The van der Waals surface area contributed by atoms with Gasteiger partial charge in [-0.2, -0.15) is 23.5 Å². The SMILES string of the molecule is C(SSSCC1CS1)C1CS1. The predicted molar refractivity (Wildman–Crippen MR) is 65.0 cm³/mol. The molecule has 5 heteroatoms. The highest BCUT2D eigenvalue weighted by molar-refractivity contribution is 9.09. The van der Waals surface area contributed by atoms with Crippen molar-refractivity contribution in [2.24, 2.45) is 0 Å². The summed E-state index contributed by atoms with van der Waals surface area (Å²) in [6, 6.07) is 0. The number of hydrogen-bond donors (Lipinski definition) is 0. The first kappa shape index (κ1) is 9.31. The van der Waals surface area contributed by atoms with E-state index in [4.69, 9.17) is 0 Å². The van der Waals surface area contributed by atoms with Crippen LogP contribution in [0.5, 0.6) is 0 Å². The average Bonchev–Trinajstić information content (AvgIpc) is 2.83. The van der Waals surface area contributed by atoms with E-state index in [1.807, 2.05) is 31.4 Å². The Morgan fingerprint density at radius 2 is 1.45 bits per heavy atom. The number of hydrogen-bond acceptors (Lipinski definition) is 5. The van der Waals surface area contributed by atoms with Crippen LogP contribution >= 0.6 is 54.9 Å². The minimum atomic E-state index is 1.00. The van der Waals surface area contributed by atoms with Gasteiger partial charge in [-0.3, -0.25) is 0 Å². The van der Waals surface area contributed by atoms with Crippen LogP contribution in [0.1, 0.15) is 0 Å². The van der Waals surface area contributed by atoms with Crippen LogP contribution in [0.2, 0.25) is 0 Å². The fourth-order valence-electron chi connectivity index (χ4n) is 0.570. The lowest BCUT2D eigenvalue weighted by Crippen LogP contribution is -1.85. The standard InChI is InChI=1S/C6H10S5/c1-5(7-1)3-9-11-10-4-6-2-8-6/h5-6H,1-4H2. The largest absolute Gasteiger partial charge is 0.156 e. The molecule has 64 valence electrons. The first-order chi connectivity index (χ1) is 5.45. The molecule has 2 fully saturated rings. The van der Waals surface area contributed by atoms with Crippen LogP contribution in [-0.2, 0) is 0 Å². The van der Waals surface area contributed by atoms with E-state index in [0.717, 1.165) is 10.5 Å². The molecular formula is C6H10S5. The molecule has 2 unspecified atom stereocenters. The zero-order valence-electron chi connectivity index (χ0n) is 6.02. The summed E-state index contributed by atoms with van der Waals surface area (Å²) in [4.78, 5) is 0. The molecule has 0 aromatic carbocycles. The van der Waals surface area contributed by atoms with Crippen molar-refractivity contribution in [1.82, 2.24) is 0 Å². The molecule has 0 amide bonds. The van der Waals surface area contributed by atoms with E-state index in [9.17, 15) is 0 Å². The molecule has 2 rings (SSSR count). The maximum Gasteiger partial charge on any atom is 0.0237 e. The highest BCUT2D eigenvalue weighted by Gasteiger charge is 2.23. The van der Waals surface area contributed by atoms with Crippen LogP contribution in [0.25, 0.3) is 0 Å². The maximum atomic E-state index is 2.10. The molecule has 2 aliphatic rings. The lowest BCUT2D eigenvalue weighted by atomic mass is 10.6. The average molecular weight is 242 g/mol. The van der Waals surface area contributed by atoms with Crippen molar-refractivity contribution in [3.8, 4) is 0 Å². The molecule has 0 radical (unpaired) electrons. The van der Waals surface area contributed by atoms with E-state index in [0.29, 0.717) is 0 Å². The van der Waals surface area contributed by atoms with Gasteiger partial charge in [0.15, 0.2) is 0 Å². The first-order valence-electron chi connectivity index (χ1n) is 3.59. The summed E-state index contributed by atoms with van der Waals surface area (Å²) in [5, 5.41) is 2.01. The Hall–Kier alpha value is 1.75. The summed E-state index contributed by atoms with van der Waals surface area (Å²) in [6.45, 7) is 0. The molecule has 2 saturated heterocycles. The molecule has 0 spiro atoms. The van der Waals surface area contributed by atoms with Gasteiger partial charge in [-0.05, 0) is 9.83 Å². The van der Waals surface area contributed by atoms with Gasteiger partial charge in [-0.15, -0.1) is 0 Å². The molecule has 0 N–H and O–H groups in total. The summed E-state index contributed by atoms with van der Waals surface area (Å²) >= 11 is 4.19. The van der Waals surface area contributed by atoms with Crippen molar-refractivity contribution >= 4 is 54.9 Å². The van der Waals surface area contributed by atoms with Crippen molar-refractivity contribution in [1.29, 1.82) is 0 Å². The second-order valence-corrected chi connectivity index (χ2v) is 9.54. The molecular weight excluding hydrogens is 232 g/mol. The minimum Gasteiger partial charge on any atom is -0.156 e. The third-order valence-electron chi connectivity index (χ3n) is 1.41. The van der Waals surface area contributed by atoms with Gasteiger partial charge in [0.1, 0.15) is 0 Å². The maximum absolute atomic E-state index is 2.10. The molecule has 2 atom stereocenters. The van der Waals surface area contributed by atoms with E-state index in [1.165, 1.54) is 23.0 Å². The summed E-state index contributed by atoms with van der Waals surface area (Å²) < 4.78 is 0. The van der Waals surface area contributed by atoms with Gasteiger partial charge in [0.25, 0.3) is 0 Å². The topological polar surface area (TPSA) is 0 Å². The van der Waals surface area contributed by atoms with Gasteiger partial charge >= 0.3 is 0 Å². The fraction of sp³-hybridized carbons (Fsp3) is 1.00. The fourth-order valence-corrected chi connectivity index (χ4v) is 6.92. The molecule has 0 aromatic heterocycles. The Balaban J connectivity index is 1.35. The lowest BCUT2D eigenvalue weighted by molar-refractivity contribution is 1.27. The zero-order chi connectivity index (χ0) is 7.52.